The molecule has 15 heavy (non-hydrogen) atoms. The standard InChI is InChI=1S/C13H20N2/c1-2-10(5-6-14)15-13-11-8-3-4-9(7-8)12(11)13/h8-13,15H,2-5,7H2,1H3. The SMILES string of the molecule is CCC(CC#N)NC1C2C3CCC(C3)C12. The first-order chi connectivity index (χ1) is 7.35. The van der Waals surface area contributed by atoms with Crippen molar-refractivity contribution >= 4 is 0 Å². The van der Waals surface area contributed by atoms with Crippen molar-refractivity contribution in [2.45, 2.75) is 51.1 Å². The maximum atomic E-state index is 8.73. The van der Waals surface area contributed by atoms with E-state index >= 15 is 0 Å². The lowest BCUT2D eigenvalue weighted by Crippen LogP contribution is -2.33. The Morgan fingerprint density at radius 3 is 2.53 bits per heavy atom. The molecule has 82 valence electrons. The molecule has 3 saturated carbocycles. The molecular weight excluding hydrogens is 184 g/mol. The summed E-state index contributed by atoms with van der Waals surface area (Å²) in [5.41, 5.74) is 0. The van der Waals surface area contributed by atoms with Crippen molar-refractivity contribution in [3.63, 3.8) is 0 Å². The quantitative estimate of drug-likeness (QED) is 0.762. The van der Waals surface area contributed by atoms with E-state index in [2.05, 4.69) is 18.3 Å². The second-order valence-corrected chi connectivity index (χ2v) is 5.65. The molecule has 3 fully saturated rings. The van der Waals surface area contributed by atoms with E-state index in [1.165, 1.54) is 19.3 Å². The van der Waals surface area contributed by atoms with E-state index in [1.54, 1.807) is 0 Å². The summed E-state index contributed by atoms with van der Waals surface area (Å²) in [7, 11) is 0. The fourth-order valence-electron chi connectivity index (χ4n) is 4.25. The van der Waals surface area contributed by atoms with Crippen molar-refractivity contribution in [3.05, 3.63) is 0 Å². The number of nitrogens with one attached hydrogen (secondary N) is 1. The van der Waals surface area contributed by atoms with Crippen LogP contribution in [-0.2, 0) is 0 Å². The Morgan fingerprint density at radius 1 is 1.33 bits per heavy atom. The van der Waals surface area contributed by atoms with Gasteiger partial charge in [0.25, 0.3) is 0 Å². The third kappa shape index (κ3) is 1.40. The molecule has 2 bridgehead atoms. The van der Waals surface area contributed by atoms with E-state index in [0.29, 0.717) is 12.5 Å². The third-order valence-electron chi connectivity index (χ3n) is 4.99. The monoisotopic (exact) mass is 204 g/mol. The smallest absolute Gasteiger partial charge is 0.0638 e. The summed E-state index contributed by atoms with van der Waals surface area (Å²) in [6.07, 6.45) is 6.27. The minimum absolute atomic E-state index is 0.449. The summed E-state index contributed by atoms with van der Waals surface area (Å²) in [4.78, 5) is 0. The normalized spacial score (nSPS) is 47.3. The van der Waals surface area contributed by atoms with Crippen LogP contribution < -0.4 is 5.32 Å². The van der Waals surface area contributed by atoms with Crippen LogP contribution in [-0.4, -0.2) is 12.1 Å². The minimum atomic E-state index is 0.449. The highest BCUT2D eigenvalue weighted by atomic mass is 15.0. The van der Waals surface area contributed by atoms with Crippen molar-refractivity contribution in [1.29, 1.82) is 5.26 Å². The molecule has 1 N–H and O–H groups in total. The number of rotatable bonds is 4. The van der Waals surface area contributed by atoms with Crippen molar-refractivity contribution < 1.29 is 0 Å². The molecule has 0 aromatic rings. The average Bonchev–Trinajstić information content (AvgIpc) is 2.67. The zero-order chi connectivity index (χ0) is 10.4. The molecule has 0 heterocycles. The van der Waals surface area contributed by atoms with Gasteiger partial charge in [-0.05, 0) is 49.4 Å². The lowest BCUT2D eigenvalue weighted by Gasteiger charge is -2.16. The van der Waals surface area contributed by atoms with Gasteiger partial charge < -0.3 is 5.32 Å². The highest BCUT2D eigenvalue weighted by Gasteiger charge is 2.64. The Kier molecular flexibility index (Phi) is 2.25. The van der Waals surface area contributed by atoms with Gasteiger partial charge in [0.2, 0.25) is 0 Å². The van der Waals surface area contributed by atoms with Gasteiger partial charge in [-0.15, -0.1) is 0 Å². The van der Waals surface area contributed by atoms with Gasteiger partial charge in [0.15, 0.2) is 0 Å². The van der Waals surface area contributed by atoms with E-state index in [0.717, 1.165) is 36.1 Å². The number of fused-ring (bicyclic) bond motifs is 5. The van der Waals surface area contributed by atoms with E-state index in [4.69, 9.17) is 5.26 Å². The lowest BCUT2D eigenvalue weighted by molar-refractivity contribution is 0.411. The topological polar surface area (TPSA) is 35.8 Å². The largest absolute Gasteiger partial charge is 0.310 e. The van der Waals surface area contributed by atoms with Crippen LogP contribution in [0, 0.1) is 35.0 Å². The Balaban J connectivity index is 1.57. The molecule has 3 aliphatic carbocycles. The van der Waals surface area contributed by atoms with Crippen LogP contribution in [0.4, 0.5) is 0 Å². The molecule has 2 nitrogen and oxygen atoms in total. The van der Waals surface area contributed by atoms with Crippen molar-refractivity contribution in [1.82, 2.24) is 5.32 Å². The molecule has 2 heteroatoms. The van der Waals surface area contributed by atoms with Crippen molar-refractivity contribution in [2.75, 3.05) is 0 Å². The van der Waals surface area contributed by atoms with Crippen molar-refractivity contribution in [3.8, 4) is 6.07 Å². The molecule has 0 spiro atoms. The molecule has 0 aromatic carbocycles. The van der Waals surface area contributed by atoms with Crippen LogP contribution in [0.2, 0.25) is 0 Å². The number of hydrogen-bond acceptors (Lipinski definition) is 2. The fourth-order valence-corrected chi connectivity index (χ4v) is 4.25. The average molecular weight is 204 g/mol. The molecule has 5 atom stereocenters. The van der Waals surface area contributed by atoms with Crippen LogP contribution in [0.15, 0.2) is 0 Å². The van der Waals surface area contributed by atoms with Gasteiger partial charge in [-0.2, -0.15) is 5.26 Å². The first-order valence-corrected chi connectivity index (χ1v) is 6.48. The molecule has 0 aliphatic heterocycles. The second kappa shape index (κ2) is 3.49. The second-order valence-electron chi connectivity index (χ2n) is 5.65. The van der Waals surface area contributed by atoms with Crippen LogP contribution in [0.1, 0.15) is 39.0 Å². The fraction of sp³-hybridized carbons (Fsp3) is 0.923. The predicted octanol–water partition coefficient (Wildman–Crippen LogP) is 2.31. The molecular formula is C13H20N2. The number of hydrogen-bond donors (Lipinski definition) is 1. The summed E-state index contributed by atoms with van der Waals surface area (Å²) < 4.78 is 0. The minimum Gasteiger partial charge on any atom is -0.310 e. The van der Waals surface area contributed by atoms with Crippen molar-refractivity contribution in [2.24, 2.45) is 23.7 Å². The Labute approximate surface area is 92.0 Å². The maximum Gasteiger partial charge on any atom is 0.0638 e. The summed E-state index contributed by atoms with van der Waals surface area (Å²) in [5.74, 6) is 4.07. The predicted molar refractivity (Wildman–Crippen MR) is 59.0 cm³/mol. The summed E-state index contributed by atoms with van der Waals surface area (Å²) in [6.45, 7) is 2.18. The van der Waals surface area contributed by atoms with Gasteiger partial charge in [-0.25, -0.2) is 0 Å². The summed E-state index contributed by atoms with van der Waals surface area (Å²) in [5, 5.41) is 12.5. The van der Waals surface area contributed by atoms with Gasteiger partial charge in [0.1, 0.15) is 0 Å². The summed E-state index contributed by atoms with van der Waals surface area (Å²) >= 11 is 0. The third-order valence-corrected chi connectivity index (χ3v) is 4.99. The van der Waals surface area contributed by atoms with Crippen LogP contribution in [0.25, 0.3) is 0 Å². The molecule has 0 saturated heterocycles. The van der Waals surface area contributed by atoms with E-state index in [-0.39, 0.29) is 0 Å². The maximum absolute atomic E-state index is 8.73. The molecule has 5 unspecified atom stereocenters. The first-order valence-electron chi connectivity index (χ1n) is 6.48. The van der Waals surface area contributed by atoms with E-state index < -0.39 is 0 Å². The Bertz CT molecular complexity index is 277. The zero-order valence-electron chi connectivity index (χ0n) is 9.45. The van der Waals surface area contributed by atoms with Gasteiger partial charge in [0.05, 0.1) is 12.5 Å². The lowest BCUT2D eigenvalue weighted by atomic mass is 10.0. The number of nitriles is 1. The highest BCUT2D eigenvalue weighted by molar-refractivity contribution is 5.17. The zero-order valence-corrected chi connectivity index (χ0v) is 9.45. The van der Waals surface area contributed by atoms with Crippen LogP contribution in [0.3, 0.4) is 0 Å². The first kappa shape index (κ1) is 9.66. The van der Waals surface area contributed by atoms with Gasteiger partial charge in [-0.3, -0.25) is 0 Å². The van der Waals surface area contributed by atoms with Gasteiger partial charge in [-0.1, -0.05) is 6.92 Å². The summed E-state index contributed by atoms with van der Waals surface area (Å²) in [6, 6.07) is 3.53. The molecule has 3 aliphatic rings. The highest BCUT2D eigenvalue weighted by Crippen LogP contribution is 2.65. The molecule has 0 amide bonds. The molecule has 0 radical (unpaired) electrons. The number of nitrogens with zero attached hydrogens (tertiary/aromatic N) is 1. The Hall–Kier alpha value is -0.550. The molecule has 3 rings (SSSR count). The molecule has 0 aromatic heterocycles. The van der Waals surface area contributed by atoms with E-state index in [9.17, 15) is 0 Å². The van der Waals surface area contributed by atoms with Gasteiger partial charge in [0, 0.05) is 12.1 Å². The van der Waals surface area contributed by atoms with E-state index in [1.807, 2.05) is 0 Å². The van der Waals surface area contributed by atoms with Crippen LogP contribution in [0.5, 0.6) is 0 Å². The van der Waals surface area contributed by atoms with Gasteiger partial charge >= 0.3 is 0 Å². The Morgan fingerprint density at radius 2 is 2.00 bits per heavy atom. The van der Waals surface area contributed by atoms with Crippen LogP contribution >= 0.6 is 0 Å².